The number of halogens is 2. The molecular weight excluding hydrogens is 413 g/mol. The summed E-state index contributed by atoms with van der Waals surface area (Å²) >= 11 is 13.0. The highest BCUT2D eigenvalue weighted by Gasteiger charge is 2.37. The molecule has 2 aromatic heterocycles. The zero-order valence-electron chi connectivity index (χ0n) is 13.3. The number of nitrogens with zero attached hydrogens (tertiary/aromatic N) is 3. The van der Waals surface area contributed by atoms with Crippen LogP contribution < -0.4 is 10.6 Å². The quantitative estimate of drug-likeness (QED) is 0.604. The van der Waals surface area contributed by atoms with Crippen LogP contribution in [0.25, 0.3) is 17.4 Å². The van der Waals surface area contributed by atoms with Crippen LogP contribution in [0.4, 0.5) is 11.6 Å². The SMILES string of the molecule is N=C1S/C(=C/c2ccc(-c3cc(Cl)cc(Cl)c3)o2)C(=O)N1c1nonc1N. The minimum atomic E-state index is -0.476. The predicted molar refractivity (Wildman–Crippen MR) is 104 cm³/mol. The first kappa shape index (κ1) is 17.7. The van der Waals surface area contributed by atoms with Gasteiger partial charge in [-0.2, -0.15) is 0 Å². The number of amides is 1. The first-order valence-corrected chi connectivity index (χ1v) is 8.96. The summed E-state index contributed by atoms with van der Waals surface area (Å²) in [7, 11) is 0. The van der Waals surface area contributed by atoms with Gasteiger partial charge < -0.3 is 10.2 Å². The van der Waals surface area contributed by atoms with Crippen molar-refractivity contribution >= 4 is 63.8 Å². The van der Waals surface area contributed by atoms with Crippen LogP contribution in [-0.2, 0) is 4.79 Å². The number of thioether (sulfide) groups is 1. The van der Waals surface area contributed by atoms with E-state index in [1.165, 1.54) is 6.08 Å². The van der Waals surface area contributed by atoms with E-state index < -0.39 is 5.91 Å². The Balaban J connectivity index is 1.63. The van der Waals surface area contributed by atoms with Crippen molar-refractivity contribution < 1.29 is 13.8 Å². The van der Waals surface area contributed by atoms with Gasteiger partial charge in [-0.25, -0.2) is 9.53 Å². The number of hydrogen-bond acceptors (Lipinski definition) is 8. The van der Waals surface area contributed by atoms with Gasteiger partial charge in [-0.05, 0) is 52.4 Å². The lowest BCUT2D eigenvalue weighted by Crippen LogP contribution is -2.29. The van der Waals surface area contributed by atoms with Crippen LogP contribution in [0.5, 0.6) is 0 Å². The van der Waals surface area contributed by atoms with E-state index in [4.69, 9.17) is 38.8 Å². The Morgan fingerprint density at radius 2 is 1.93 bits per heavy atom. The molecule has 1 amide bonds. The molecule has 136 valence electrons. The fourth-order valence-electron chi connectivity index (χ4n) is 2.44. The number of amidine groups is 1. The molecule has 0 saturated carbocycles. The third-order valence-electron chi connectivity index (χ3n) is 3.58. The number of carbonyl (C=O) groups is 1. The van der Waals surface area contributed by atoms with Gasteiger partial charge in [0.25, 0.3) is 5.91 Å². The minimum Gasteiger partial charge on any atom is -0.457 e. The average Bonchev–Trinajstić information content (AvgIpc) is 3.29. The largest absolute Gasteiger partial charge is 0.457 e. The van der Waals surface area contributed by atoms with Gasteiger partial charge in [0, 0.05) is 21.7 Å². The minimum absolute atomic E-state index is 0.0189. The number of hydrogen-bond donors (Lipinski definition) is 2. The number of anilines is 2. The summed E-state index contributed by atoms with van der Waals surface area (Å²) < 4.78 is 10.3. The molecule has 0 spiro atoms. The monoisotopic (exact) mass is 421 g/mol. The molecule has 1 aliphatic heterocycles. The van der Waals surface area contributed by atoms with E-state index in [2.05, 4.69) is 14.9 Å². The van der Waals surface area contributed by atoms with Crippen LogP contribution in [0.2, 0.25) is 10.0 Å². The van der Waals surface area contributed by atoms with Crippen molar-refractivity contribution in [2.45, 2.75) is 0 Å². The molecule has 3 heterocycles. The average molecular weight is 422 g/mol. The normalized spacial score (nSPS) is 15.9. The summed E-state index contributed by atoms with van der Waals surface area (Å²) in [5.41, 5.74) is 6.32. The Labute approximate surface area is 166 Å². The molecule has 8 nitrogen and oxygen atoms in total. The molecule has 0 unspecified atom stereocenters. The number of carbonyl (C=O) groups excluding carboxylic acids is 1. The maximum absolute atomic E-state index is 12.6. The highest BCUT2D eigenvalue weighted by atomic mass is 35.5. The molecule has 3 aromatic rings. The summed E-state index contributed by atoms with van der Waals surface area (Å²) in [5, 5.41) is 15.9. The van der Waals surface area contributed by atoms with Gasteiger partial charge in [0.2, 0.25) is 11.6 Å². The van der Waals surface area contributed by atoms with E-state index in [0.717, 1.165) is 16.7 Å². The van der Waals surface area contributed by atoms with Gasteiger partial charge in [0.1, 0.15) is 11.5 Å². The van der Waals surface area contributed by atoms with Crippen LogP contribution in [0.1, 0.15) is 5.76 Å². The Hall–Kier alpha value is -2.75. The van der Waals surface area contributed by atoms with Crippen molar-refractivity contribution in [3.8, 4) is 11.3 Å². The van der Waals surface area contributed by atoms with Crippen LogP contribution in [0.3, 0.4) is 0 Å². The van der Waals surface area contributed by atoms with Crippen molar-refractivity contribution in [2.24, 2.45) is 0 Å². The summed E-state index contributed by atoms with van der Waals surface area (Å²) in [5.74, 6) is 0.398. The summed E-state index contributed by atoms with van der Waals surface area (Å²) in [6.45, 7) is 0. The van der Waals surface area contributed by atoms with Crippen molar-refractivity contribution in [3.63, 3.8) is 0 Å². The predicted octanol–water partition coefficient (Wildman–Crippen LogP) is 4.27. The highest BCUT2D eigenvalue weighted by Crippen LogP contribution is 2.37. The van der Waals surface area contributed by atoms with Crippen molar-refractivity contribution in [1.82, 2.24) is 10.3 Å². The zero-order chi connectivity index (χ0) is 19.1. The molecule has 1 aliphatic rings. The molecule has 4 rings (SSSR count). The first-order valence-electron chi connectivity index (χ1n) is 7.39. The number of nitrogen functional groups attached to an aromatic ring is 1. The molecule has 11 heteroatoms. The lowest BCUT2D eigenvalue weighted by molar-refractivity contribution is -0.113. The highest BCUT2D eigenvalue weighted by molar-refractivity contribution is 8.19. The second kappa shape index (κ2) is 6.76. The second-order valence-corrected chi connectivity index (χ2v) is 7.29. The lowest BCUT2D eigenvalue weighted by Gasteiger charge is -2.08. The lowest BCUT2D eigenvalue weighted by atomic mass is 10.2. The number of benzene rings is 1. The fraction of sp³-hybridized carbons (Fsp3) is 0. The maximum Gasteiger partial charge on any atom is 0.272 e. The third kappa shape index (κ3) is 3.32. The Morgan fingerprint density at radius 1 is 1.19 bits per heavy atom. The van der Waals surface area contributed by atoms with E-state index in [1.807, 2.05) is 0 Å². The van der Waals surface area contributed by atoms with Crippen molar-refractivity contribution in [1.29, 1.82) is 5.41 Å². The van der Waals surface area contributed by atoms with Gasteiger partial charge in [-0.3, -0.25) is 10.2 Å². The Bertz CT molecular complexity index is 1090. The van der Waals surface area contributed by atoms with Crippen molar-refractivity contribution in [3.05, 3.63) is 51.0 Å². The van der Waals surface area contributed by atoms with Crippen LogP contribution in [0, 0.1) is 5.41 Å². The van der Waals surface area contributed by atoms with Crippen LogP contribution in [0.15, 0.2) is 44.3 Å². The van der Waals surface area contributed by atoms with Gasteiger partial charge in [-0.15, -0.1) is 0 Å². The standard InChI is InChI=1S/C16H9Cl2N5O3S/c17-8-3-7(4-9(18)5-8)11-2-1-10(25-11)6-12-15(24)23(16(20)27-12)14-13(19)21-26-22-14/h1-6,20H,(H2,19,21)/b12-6+,20-16?. The first-order chi connectivity index (χ1) is 12.9. The Morgan fingerprint density at radius 3 is 2.59 bits per heavy atom. The molecule has 0 aliphatic carbocycles. The zero-order valence-corrected chi connectivity index (χ0v) is 15.6. The number of rotatable bonds is 3. The Kier molecular flexibility index (Phi) is 4.42. The summed E-state index contributed by atoms with van der Waals surface area (Å²) in [6.07, 6.45) is 1.53. The molecule has 3 N–H and O–H groups in total. The number of nitrogens with one attached hydrogen (secondary N) is 1. The smallest absolute Gasteiger partial charge is 0.272 e. The molecule has 27 heavy (non-hydrogen) atoms. The topological polar surface area (TPSA) is 122 Å². The number of nitrogens with two attached hydrogens (primary N) is 1. The van der Waals surface area contributed by atoms with Crippen molar-refractivity contribution in [2.75, 3.05) is 10.6 Å². The van der Waals surface area contributed by atoms with Gasteiger partial charge >= 0.3 is 0 Å². The van der Waals surface area contributed by atoms with E-state index in [0.29, 0.717) is 27.1 Å². The fourth-order valence-corrected chi connectivity index (χ4v) is 3.79. The van der Waals surface area contributed by atoms with E-state index in [-0.39, 0.29) is 21.7 Å². The van der Waals surface area contributed by atoms with Gasteiger partial charge in [-0.1, -0.05) is 23.2 Å². The molecule has 0 atom stereocenters. The van der Waals surface area contributed by atoms with Gasteiger partial charge in [0.15, 0.2) is 5.17 Å². The second-order valence-electron chi connectivity index (χ2n) is 5.39. The molecule has 0 radical (unpaired) electrons. The van der Waals surface area contributed by atoms with E-state index in [9.17, 15) is 4.79 Å². The number of furan rings is 1. The molecule has 0 bridgehead atoms. The summed E-state index contributed by atoms with van der Waals surface area (Å²) in [4.78, 5) is 13.9. The molecule has 1 saturated heterocycles. The van der Waals surface area contributed by atoms with Gasteiger partial charge in [0.05, 0.1) is 4.91 Å². The number of aromatic nitrogens is 2. The third-order valence-corrected chi connectivity index (χ3v) is 4.90. The summed E-state index contributed by atoms with van der Waals surface area (Å²) in [6, 6.07) is 8.49. The van der Waals surface area contributed by atoms with Crippen LogP contribution in [-0.4, -0.2) is 21.4 Å². The van der Waals surface area contributed by atoms with E-state index in [1.54, 1.807) is 30.3 Å². The molecule has 1 aromatic carbocycles. The molecule has 1 fully saturated rings. The van der Waals surface area contributed by atoms with Crippen LogP contribution >= 0.6 is 35.0 Å². The molecular formula is C16H9Cl2N5O3S. The van der Waals surface area contributed by atoms with E-state index >= 15 is 0 Å². The maximum atomic E-state index is 12.6.